The molecule has 1 aromatic heterocycles. The van der Waals surface area contributed by atoms with Gasteiger partial charge in [0.15, 0.2) is 0 Å². The lowest BCUT2D eigenvalue weighted by Gasteiger charge is -2.17. The normalized spacial score (nSPS) is 12.5. The number of nitrogens with zero attached hydrogens (tertiary/aromatic N) is 1. The summed E-state index contributed by atoms with van der Waals surface area (Å²) in [7, 11) is 0. The molecule has 1 saturated heterocycles. The van der Waals surface area contributed by atoms with E-state index in [-0.39, 0.29) is 23.3 Å². The predicted octanol–water partition coefficient (Wildman–Crippen LogP) is 9.82. The van der Waals surface area contributed by atoms with Crippen molar-refractivity contribution in [2.24, 2.45) is 0 Å². The van der Waals surface area contributed by atoms with Crippen molar-refractivity contribution >= 4 is 91.1 Å². The van der Waals surface area contributed by atoms with Crippen LogP contribution in [0.2, 0.25) is 0 Å². The molecule has 2 heterocycles. The Balaban J connectivity index is 0.000000201. The molecule has 0 unspecified atom stereocenters. The van der Waals surface area contributed by atoms with Crippen LogP contribution in [0.15, 0.2) is 90.3 Å². The molecule has 0 aliphatic carbocycles. The third-order valence-electron chi connectivity index (χ3n) is 8.54. The molecule has 0 bridgehead atoms. The highest BCUT2D eigenvalue weighted by molar-refractivity contribution is 14.1. The lowest BCUT2D eigenvalue weighted by molar-refractivity contribution is 0.0944. The van der Waals surface area contributed by atoms with Gasteiger partial charge in [-0.15, -0.1) is 11.3 Å². The Morgan fingerprint density at radius 1 is 0.731 bits per heavy atom. The van der Waals surface area contributed by atoms with Gasteiger partial charge in [0.05, 0.1) is 22.5 Å². The molecule has 0 atom stereocenters. The van der Waals surface area contributed by atoms with Crippen LogP contribution in [0.5, 0.6) is 0 Å². The Hall–Kier alpha value is -3.60. The van der Waals surface area contributed by atoms with E-state index in [9.17, 15) is 18.4 Å². The Kier molecular flexibility index (Phi) is 14.8. The van der Waals surface area contributed by atoms with Gasteiger partial charge in [-0.3, -0.25) is 9.59 Å². The van der Waals surface area contributed by atoms with Crippen LogP contribution in [0.1, 0.15) is 49.6 Å². The number of halogens is 4. The van der Waals surface area contributed by atoms with Gasteiger partial charge in [-0.05, 0) is 181 Å². The first-order valence-electron chi connectivity index (χ1n) is 17.0. The molecule has 12 heteroatoms. The van der Waals surface area contributed by atoms with Gasteiger partial charge in [0.25, 0.3) is 11.8 Å². The first kappa shape index (κ1) is 39.6. The number of hydrogen-bond acceptors (Lipinski definition) is 6. The summed E-state index contributed by atoms with van der Waals surface area (Å²) in [6, 6.07) is 24.6. The lowest BCUT2D eigenvalue weighted by Crippen LogP contribution is -2.33. The number of aryl methyl sites for hydroxylation is 2. The SMILES string of the molecule is Cc1cc(I)ccc1Nc1c(F)cccc1C(=O)NCCN1CCCC1.Cc1cc(I)ccc1Nc1cc(F)ccc1C(=O)NCCc1cccs1. The minimum Gasteiger partial charge on any atom is -0.355 e. The first-order chi connectivity index (χ1) is 25.1. The second-order valence-corrected chi connectivity index (χ2v) is 15.9. The maximum Gasteiger partial charge on any atom is 0.253 e. The van der Waals surface area contributed by atoms with Crippen LogP contribution in [0, 0.1) is 32.6 Å². The van der Waals surface area contributed by atoms with E-state index in [0.29, 0.717) is 29.9 Å². The summed E-state index contributed by atoms with van der Waals surface area (Å²) >= 11 is 6.15. The molecule has 1 fully saturated rings. The van der Waals surface area contributed by atoms with Crippen LogP contribution in [-0.4, -0.2) is 49.4 Å². The van der Waals surface area contributed by atoms with Crippen LogP contribution in [0.4, 0.5) is 31.5 Å². The predicted molar refractivity (Wildman–Crippen MR) is 226 cm³/mol. The summed E-state index contributed by atoms with van der Waals surface area (Å²) in [5.41, 5.74) is 5.11. The smallest absolute Gasteiger partial charge is 0.253 e. The van der Waals surface area contributed by atoms with Gasteiger partial charge < -0.3 is 26.2 Å². The van der Waals surface area contributed by atoms with Crippen molar-refractivity contribution in [2.45, 2.75) is 33.1 Å². The number of carbonyl (C=O) groups is 2. The molecule has 6 rings (SSSR count). The average Bonchev–Trinajstić information content (AvgIpc) is 3.83. The standard InChI is InChI=1S/C20H23FIN3O.C20H18FIN2OS/c1-14-13-15(22)7-8-18(14)24-19-16(5-4-6-17(19)21)20(26)23-9-12-25-10-2-3-11-25;1-13-11-15(22)5-7-18(13)24-19-12-14(21)4-6-17(19)20(25)23-9-8-16-3-2-10-26-16/h4-8,13,24H,2-3,9-12H2,1H3,(H,23,26);2-7,10-12,24H,8-9H2,1H3,(H,23,25). The Morgan fingerprint density at radius 3 is 2.04 bits per heavy atom. The lowest BCUT2D eigenvalue weighted by atomic mass is 10.1. The molecule has 272 valence electrons. The maximum atomic E-state index is 14.4. The second kappa shape index (κ2) is 19.5. The first-order valence-corrected chi connectivity index (χ1v) is 20.1. The van der Waals surface area contributed by atoms with Crippen molar-refractivity contribution in [1.82, 2.24) is 15.5 Å². The Morgan fingerprint density at radius 2 is 1.38 bits per heavy atom. The molecule has 52 heavy (non-hydrogen) atoms. The number of rotatable bonds is 12. The number of likely N-dealkylation sites (tertiary alicyclic amines) is 1. The van der Waals surface area contributed by atoms with Crippen molar-refractivity contribution in [3.8, 4) is 0 Å². The third-order valence-corrected chi connectivity index (χ3v) is 10.8. The van der Waals surface area contributed by atoms with Crippen molar-refractivity contribution in [3.05, 3.63) is 136 Å². The van der Waals surface area contributed by atoms with E-state index in [2.05, 4.69) is 71.3 Å². The van der Waals surface area contributed by atoms with Crippen LogP contribution in [-0.2, 0) is 6.42 Å². The summed E-state index contributed by atoms with van der Waals surface area (Å²) in [5.74, 6) is -1.29. The van der Waals surface area contributed by atoms with Gasteiger partial charge in [-0.25, -0.2) is 8.78 Å². The number of thiophene rings is 1. The van der Waals surface area contributed by atoms with Crippen LogP contribution in [0.3, 0.4) is 0 Å². The van der Waals surface area contributed by atoms with E-state index >= 15 is 0 Å². The van der Waals surface area contributed by atoms with Crippen molar-refractivity contribution in [1.29, 1.82) is 0 Å². The summed E-state index contributed by atoms with van der Waals surface area (Å²) in [4.78, 5) is 28.7. The number of hydrogen-bond donors (Lipinski definition) is 4. The van der Waals surface area contributed by atoms with Crippen molar-refractivity contribution in [2.75, 3.05) is 43.4 Å². The highest BCUT2D eigenvalue weighted by Gasteiger charge is 2.18. The molecule has 7 nitrogen and oxygen atoms in total. The highest BCUT2D eigenvalue weighted by atomic mass is 127. The minimum atomic E-state index is -0.435. The monoisotopic (exact) mass is 947 g/mol. The molecule has 4 aromatic carbocycles. The zero-order valence-electron chi connectivity index (χ0n) is 29.0. The highest BCUT2D eigenvalue weighted by Crippen LogP contribution is 2.28. The van der Waals surface area contributed by atoms with Crippen molar-refractivity contribution in [3.63, 3.8) is 0 Å². The molecule has 4 N–H and O–H groups in total. The molecule has 0 radical (unpaired) electrons. The molecule has 0 saturated carbocycles. The summed E-state index contributed by atoms with van der Waals surface area (Å²) < 4.78 is 30.4. The number of carbonyl (C=O) groups excluding carboxylic acids is 2. The van der Waals surface area contributed by atoms with Gasteiger partial charge in [-0.1, -0.05) is 12.1 Å². The van der Waals surface area contributed by atoms with Crippen molar-refractivity contribution < 1.29 is 18.4 Å². The number of benzene rings is 4. The van der Waals surface area contributed by atoms with Crippen LogP contribution < -0.4 is 21.3 Å². The molecule has 1 aliphatic heterocycles. The zero-order valence-corrected chi connectivity index (χ0v) is 34.1. The summed E-state index contributed by atoms with van der Waals surface area (Å²) in [6.45, 7) is 8.06. The van der Waals surface area contributed by atoms with Gasteiger partial charge in [0.1, 0.15) is 11.6 Å². The molecule has 5 aromatic rings. The number of amides is 2. The summed E-state index contributed by atoms with van der Waals surface area (Å²) in [5, 5.41) is 14.1. The van der Waals surface area contributed by atoms with E-state index in [0.717, 1.165) is 55.7 Å². The van der Waals surface area contributed by atoms with Gasteiger partial charge in [0.2, 0.25) is 0 Å². The van der Waals surface area contributed by atoms with E-state index in [1.54, 1.807) is 23.5 Å². The van der Waals surface area contributed by atoms with Gasteiger partial charge >= 0.3 is 0 Å². The van der Waals surface area contributed by atoms with E-state index in [4.69, 9.17) is 0 Å². The minimum absolute atomic E-state index is 0.216. The molecular formula is C40H41F2I2N5O2S. The fourth-order valence-corrected chi connectivity index (χ4v) is 7.75. The number of anilines is 4. The van der Waals surface area contributed by atoms with E-state index in [1.807, 2.05) is 67.8 Å². The van der Waals surface area contributed by atoms with E-state index < -0.39 is 5.82 Å². The fourth-order valence-electron chi connectivity index (χ4n) is 5.75. The Labute approximate surface area is 335 Å². The second-order valence-electron chi connectivity index (χ2n) is 12.4. The van der Waals surface area contributed by atoms with Gasteiger partial charge in [-0.2, -0.15) is 0 Å². The quantitative estimate of drug-likeness (QED) is 0.0937. The summed E-state index contributed by atoms with van der Waals surface area (Å²) in [6.07, 6.45) is 3.23. The molecule has 0 spiro atoms. The maximum absolute atomic E-state index is 14.4. The number of nitrogens with one attached hydrogen (secondary N) is 4. The Bertz CT molecular complexity index is 1990. The van der Waals surface area contributed by atoms with E-state index in [1.165, 1.54) is 42.0 Å². The fraction of sp³-hybridized carbons (Fsp3) is 0.250. The molecular weight excluding hydrogens is 906 g/mol. The third kappa shape index (κ3) is 11.4. The molecule has 1 aliphatic rings. The molecule has 2 amide bonds. The van der Waals surface area contributed by atoms with Gasteiger partial charge in [0, 0.05) is 43.0 Å². The zero-order chi connectivity index (χ0) is 37.0. The van der Waals surface area contributed by atoms with Crippen LogP contribution >= 0.6 is 56.5 Å². The topological polar surface area (TPSA) is 85.5 Å². The van der Waals surface area contributed by atoms with Crippen LogP contribution in [0.25, 0.3) is 0 Å². The largest absolute Gasteiger partial charge is 0.355 e. The number of para-hydroxylation sites is 1. The average molecular weight is 948 g/mol.